The molecule has 148 valence electrons. The third-order valence-corrected chi connectivity index (χ3v) is 5.46. The zero-order valence-electron chi connectivity index (χ0n) is 15.9. The fourth-order valence-electron chi connectivity index (χ4n) is 3.74. The van der Waals surface area contributed by atoms with E-state index in [1.807, 2.05) is 60.7 Å². The highest BCUT2D eigenvalue weighted by molar-refractivity contribution is 6.34. The molecule has 29 heavy (non-hydrogen) atoms. The molecule has 1 aliphatic heterocycles. The maximum Gasteiger partial charge on any atom is 0.342 e. The van der Waals surface area contributed by atoms with E-state index in [2.05, 4.69) is 4.90 Å². The summed E-state index contributed by atoms with van der Waals surface area (Å²) in [6.45, 7) is 1.50. The topological polar surface area (TPSA) is 29.5 Å². The SMILES string of the molecule is O=C(OCc1ccccc1)c1c(Cl)c(F)cc2c1N(Cc1ccccc1)CCC2. The molecule has 0 fully saturated rings. The molecule has 0 aliphatic carbocycles. The summed E-state index contributed by atoms with van der Waals surface area (Å²) in [5.41, 5.74) is 3.58. The average molecular weight is 410 g/mol. The van der Waals surface area contributed by atoms with Crippen molar-refractivity contribution < 1.29 is 13.9 Å². The summed E-state index contributed by atoms with van der Waals surface area (Å²) < 4.78 is 20.0. The highest BCUT2D eigenvalue weighted by Gasteiger charge is 2.29. The van der Waals surface area contributed by atoms with E-state index in [-0.39, 0.29) is 17.2 Å². The van der Waals surface area contributed by atoms with Gasteiger partial charge >= 0.3 is 5.97 Å². The van der Waals surface area contributed by atoms with Crippen LogP contribution >= 0.6 is 11.6 Å². The Morgan fingerprint density at radius 1 is 1.03 bits per heavy atom. The summed E-state index contributed by atoms with van der Waals surface area (Å²) >= 11 is 6.27. The van der Waals surface area contributed by atoms with E-state index in [4.69, 9.17) is 16.3 Å². The first-order chi connectivity index (χ1) is 14.1. The molecule has 3 aromatic rings. The van der Waals surface area contributed by atoms with E-state index in [0.717, 1.165) is 29.7 Å². The van der Waals surface area contributed by atoms with Gasteiger partial charge in [-0.2, -0.15) is 0 Å². The molecular weight excluding hydrogens is 389 g/mol. The predicted octanol–water partition coefficient (Wildman–Crippen LogP) is 5.79. The van der Waals surface area contributed by atoms with Crippen LogP contribution in [-0.4, -0.2) is 12.5 Å². The maximum atomic E-state index is 14.5. The van der Waals surface area contributed by atoms with Crippen LogP contribution in [-0.2, 0) is 24.3 Å². The van der Waals surface area contributed by atoms with Gasteiger partial charge < -0.3 is 9.64 Å². The molecule has 0 saturated carbocycles. The van der Waals surface area contributed by atoms with Crippen molar-refractivity contribution >= 4 is 23.3 Å². The van der Waals surface area contributed by atoms with Crippen molar-refractivity contribution in [2.45, 2.75) is 26.0 Å². The summed E-state index contributed by atoms with van der Waals surface area (Å²) in [4.78, 5) is 15.1. The van der Waals surface area contributed by atoms with Gasteiger partial charge in [0.1, 0.15) is 18.0 Å². The second kappa shape index (κ2) is 8.66. The highest BCUT2D eigenvalue weighted by Crippen LogP contribution is 2.38. The van der Waals surface area contributed by atoms with Gasteiger partial charge in [0, 0.05) is 13.1 Å². The minimum absolute atomic E-state index is 0.111. The molecule has 0 aromatic heterocycles. The Labute approximate surface area is 174 Å². The van der Waals surface area contributed by atoms with Crippen LogP contribution in [0.1, 0.15) is 33.5 Å². The Kier molecular flexibility index (Phi) is 5.81. The molecule has 0 unspecified atom stereocenters. The van der Waals surface area contributed by atoms with Crippen LogP contribution in [0.25, 0.3) is 0 Å². The Morgan fingerprint density at radius 3 is 2.38 bits per heavy atom. The molecule has 0 atom stereocenters. The van der Waals surface area contributed by atoms with Crippen molar-refractivity contribution in [1.82, 2.24) is 0 Å². The van der Waals surface area contributed by atoms with Gasteiger partial charge in [0.2, 0.25) is 0 Å². The summed E-state index contributed by atoms with van der Waals surface area (Å²) in [5, 5.41) is -0.179. The summed E-state index contributed by atoms with van der Waals surface area (Å²) in [5.74, 6) is -1.19. The summed E-state index contributed by atoms with van der Waals surface area (Å²) in [6, 6.07) is 20.8. The van der Waals surface area contributed by atoms with Gasteiger partial charge in [-0.3, -0.25) is 0 Å². The number of carbonyl (C=O) groups excluding carboxylic acids is 1. The monoisotopic (exact) mass is 409 g/mol. The number of esters is 1. The lowest BCUT2D eigenvalue weighted by molar-refractivity contribution is 0.0473. The lowest BCUT2D eigenvalue weighted by atomic mass is 9.96. The van der Waals surface area contributed by atoms with Gasteiger partial charge in [-0.15, -0.1) is 0 Å². The highest BCUT2D eigenvalue weighted by atomic mass is 35.5. The van der Waals surface area contributed by atoms with E-state index in [9.17, 15) is 9.18 Å². The van der Waals surface area contributed by atoms with Crippen LogP contribution in [0.2, 0.25) is 5.02 Å². The van der Waals surface area contributed by atoms with Crippen molar-refractivity contribution in [3.63, 3.8) is 0 Å². The molecule has 0 spiro atoms. The number of rotatable bonds is 5. The van der Waals surface area contributed by atoms with Crippen molar-refractivity contribution in [2.24, 2.45) is 0 Å². The standard InChI is InChI=1S/C24H21ClFNO2/c25-22-20(26)14-19-12-7-13-27(15-17-8-3-1-4-9-17)23(19)21(22)24(28)29-16-18-10-5-2-6-11-18/h1-6,8-11,14H,7,12-13,15-16H2. The normalized spacial score (nSPS) is 13.1. The molecule has 3 aromatic carbocycles. The fourth-order valence-corrected chi connectivity index (χ4v) is 3.96. The number of anilines is 1. The minimum Gasteiger partial charge on any atom is -0.457 e. The number of hydrogen-bond acceptors (Lipinski definition) is 3. The van der Waals surface area contributed by atoms with Crippen LogP contribution in [0.5, 0.6) is 0 Å². The van der Waals surface area contributed by atoms with Crippen molar-refractivity contribution in [1.29, 1.82) is 0 Å². The fraction of sp³-hybridized carbons (Fsp3) is 0.208. The van der Waals surface area contributed by atoms with Crippen LogP contribution in [0.4, 0.5) is 10.1 Å². The quantitative estimate of drug-likeness (QED) is 0.499. The average Bonchev–Trinajstić information content (AvgIpc) is 2.75. The molecule has 4 rings (SSSR count). The number of aryl methyl sites for hydroxylation is 1. The Bertz CT molecular complexity index is 1010. The zero-order chi connectivity index (χ0) is 20.2. The van der Waals surface area contributed by atoms with E-state index in [0.29, 0.717) is 18.7 Å². The van der Waals surface area contributed by atoms with Crippen molar-refractivity contribution in [3.8, 4) is 0 Å². The molecule has 1 heterocycles. The zero-order valence-corrected chi connectivity index (χ0v) is 16.7. The summed E-state index contributed by atoms with van der Waals surface area (Å²) in [6.07, 6.45) is 1.59. The first kappa shape index (κ1) is 19.5. The van der Waals surface area contributed by atoms with Gasteiger partial charge in [-0.05, 0) is 35.6 Å². The molecule has 0 saturated heterocycles. The molecule has 1 aliphatic rings. The first-order valence-corrected chi connectivity index (χ1v) is 10.0. The van der Waals surface area contributed by atoms with E-state index < -0.39 is 11.8 Å². The molecule has 5 heteroatoms. The van der Waals surface area contributed by atoms with E-state index >= 15 is 0 Å². The van der Waals surface area contributed by atoms with Gasteiger partial charge in [-0.1, -0.05) is 72.3 Å². The lowest BCUT2D eigenvalue weighted by Gasteiger charge is -2.33. The molecular formula is C24H21ClFNO2. The molecule has 0 bridgehead atoms. The van der Waals surface area contributed by atoms with E-state index in [1.165, 1.54) is 6.07 Å². The second-order valence-corrected chi connectivity index (χ2v) is 7.51. The van der Waals surface area contributed by atoms with Crippen molar-refractivity contribution in [2.75, 3.05) is 11.4 Å². The van der Waals surface area contributed by atoms with Crippen LogP contribution < -0.4 is 4.90 Å². The summed E-state index contributed by atoms with van der Waals surface area (Å²) in [7, 11) is 0. The Morgan fingerprint density at radius 2 is 1.69 bits per heavy atom. The van der Waals surface area contributed by atoms with Gasteiger partial charge in [0.05, 0.1) is 10.7 Å². The van der Waals surface area contributed by atoms with Gasteiger partial charge in [-0.25, -0.2) is 9.18 Å². The largest absolute Gasteiger partial charge is 0.457 e. The van der Waals surface area contributed by atoms with Crippen LogP contribution in [0.15, 0.2) is 66.7 Å². The smallest absolute Gasteiger partial charge is 0.342 e. The number of fused-ring (bicyclic) bond motifs is 1. The number of carbonyl (C=O) groups is 1. The lowest BCUT2D eigenvalue weighted by Crippen LogP contribution is -2.31. The third kappa shape index (κ3) is 4.28. The van der Waals surface area contributed by atoms with Crippen LogP contribution in [0, 0.1) is 5.82 Å². The van der Waals surface area contributed by atoms with Gasteiger partial charge in [0.15, 0.2) is 0 Å². The number of ether oxygens (including phenoxy) is 1. The number of nitrogens with zero attached hydrogens (tertiary/aromatic N) is 1. The van der Waals surface area contributed by atoms with Gasteiger partial charge in [0.25, 0.3) is 0 Å². The first-order valence-electron chi connectivity index (χ1n) is 9.64. The molecule has 3 nitrogen and oxygen atoms in total. The Balaban J connectivity index is 1.67. The maximum absolute atomic E-state index is 14.5. The molecule has 0 N–H and O–H groups in total. The number of benzene rings is 3. The van der Waals surface area contributed by atoms with E-state index in [1.54, 1.807) is 0 Å². The second-order valence-electron chi connectivity index (χ2n) is 7.13. The minimum atomic E-state index is -0.602. The molecule has 0 radical (unpaired) electrons. The third-order valence-electron chi connectivity index (χ3n) is 5.09. The predicted molar refractivity (Wildman–Crippen MR) is 113 cm³/mol. The molecule has 0 amide bonds. The number of halogens is 2. The van der Waals surface area contributed by atoms with Crippen molar-refractivity contribution in [3.05, 3.63) is 99.8 Å². The number of hydrogen-bond donors (Lipinski definition) is 0. The van der Waals surface area contributed by atoms with Crippen LogP contribution in [0.3, 0.4) is 0 Å². The Hall–Kier alpha value is -2.85.